The number of allylic oxidation sites excluding steroid dienone is 3. The zero-order chi connectivity index (χ0) is 23.3. The van der Waals surface area contributed by atoms with E-state index in [0.717, 1.165) is 39.3 Å². The van der Waals surface area contributed by atoms with Crippen LogP contribution in [0.2, 0.25) is 5.02 Å². The lowest BCUT2D eigenvalue weighted by Gasteiger charge is -2.12. The van der Waals surface area contributed by atoms with E-state index in [4.69, 9.17) is 17.3 Å². The first kappa shape index (κ1) is 21.4. The summed E-state index contributed by atoms with van der Waals surface area (Å²) in [5, 5.41) is 19.3. The highest BCUT2D eigenvalue weighted by Crippen LogP contribution is 2.44. The predicted octanol–water partition coefficient (Wildman–Crippen LogP) is 5.90. The lowest BCUT2D eigenvalue weighted by molar-refractivity contribution is 0.627. The molecule has 1 aliphatic carbocycles. The number of nitriles is 2. The van der Waals surface area contributed by atoms with Crippen LogP contribution < -0.4 is 5.73 Å². The second kappa shape index (κ2) is 7.67. The fourth-order valence-electron chi connectivity index (χ4n) is 4.31. The number of anilines is 1. The monoisotopic (exact) mass is 443 g/mol. The number of hydrogen-bond acceptors (Lipinski definition) is 4. The topological polar surface area (TPSA) is 91.4 Å². The molecule has 0 fully saturated rings. The molecule has 4 rings (SSSR count). The molecule has 0 bridgehead atoms. The number of benzene rings is 1. The number of hydrogen-bond donors (Lipinski definition) is 1. The Morgan fingerprint density at radius 2 is 1.84 bits per heavy atom. The number of nitrogen functional groups attached to an aromatic ring is 1. The van der Waals surface area contributed by atoms with Crippen molar-refractivity contribution in [2.75, 3.05) is 5.73 Å². The van der Waals surface area contributed by atoms with Gasteiger partial charge in [0.25, 0.3) is 0 Å². The number of pyridine rings is 1. The first-order valence-electron chi connectivity index (χ1n) is 9.87. The molecule has 5 nitrogen and oxygen atoms in total. The third-order valence-electron chi connectivity index (χ3n) is 5.92. The zero-order valence-electron chi connectivity index (χ0n) is 18.0. The SMILES string of the molecule is CC1=C(C#N)c2nc(N)c(C#N)c(C)c2/C1=C\c1cc(C)n(-c2ccc(F)c(Cl)c2)c1C. The van der Waals surface area contributed by atoms with Crippen molar-refractivity contribution >= 4 is 34.6 Å². The Kier molecular flexibility index (Phi) is 5.12. The number of nitrogens with two attached hydrogens (primary N) is 1. The van der Waals surface area contributed by atoms with Gasteiger partial charge in [0, 0.05) is 22.6 Å². The molecule has 158 valence electrons. The molecular weight excluding hydrogens is 425 g/mol. The Morgan fingerprint density at radius 3 is 2.47 bits per heavy atom. The van der Waals surface area contributed by atoms with Crippen LogP contribution in [-0.2, 0) is 0 Å². The molecule has 1 aliphatic rings. The minimum atomic E-state index is -0.469. The zero-order valence-corrected chi connectivity index (χ0v) is 18.8. The number of halogens is 2. The van der Waals surface area contributed by atoms with E-state index < -0.39 is 5.82 Å². The molecule has 2 aromatic heterocycles. The Balaban J connectivity index is 1.95. The van der Waals surface area contributed by atoms with E-state index in [9.17, 15) is 14.9 Å². The molecule has 0 spiro atoms. The van der Waals surface area contributed by atoms with E-state index in [-0.39, 0.29) is 10.8 Å². The van der Waals surface area contributed by atoms with Gasteiger partial charge in [-0.3, -0.25) is 0 Å². The highest BCUT2D eigenvalue weighted by Gasteiger charge is 2.30. The van der Waals surface area contributed by atoms with Gasteiger partial charge in [0.2, 0.25) is 0 Å². The molecule has 0 saturated carbocycles. The van der Waals surface area contributed by atoms with Crippen LogP contribution in [0.1, 0.15) is 46.3 Å². The smallest absolute Gasteiger partial charge is 0.142 e. The summed E-state index contributed by atoms with van der Waals surface area (Å²) in [7, 11) is 0. The van der Waals surface area contributed by atoms with Crippen LogP contribution in [0.5, 0.6) is 0 Å². The van der Waals surface area contributed by atoms with Gasteiger partial charge in [-0.05, 0) is 80.3 Å². The minimum absolute atomic E-state index is 0.0559. The Hall–Kier alpha value is -3.87. The lowest BCUT2D eigenvalue weighted by Crippen LogP contribution is -2.03. The highest BCUT2D eigenvalue weighted by molar-refractivity contribution is 6.30. The first-order valence-corrected chi connectivity index (χ1v) is 10.3. The Morgan fingerprint density at radius 1 is 1.12 bits per heavy atom. The average Bonchev–Trinajstić information content (AvgIpc) is 3.17. The van der Waals surface area contributed by atoms with Gasteiger partial charge in [0.1, 0.15) is 23.8 Å². The second-order valence-electron chi connectivity index (χ2n) is 7.76. The number of aryl methyl sites for hydroxylation is 1. The van der Waals surface area contributed by atoms with Crippen molar-refractivity contribution in [3.63, 3.8) is 0 Å². The quantitative estimate of drug-likeness (QED) is 0.534. The number of rotatable bonds is 2. The summed E-state index contributed by atoms with van der Waals surface area (Å²) in [6.45, 7) is 7.61. The van der Waals surface area contributed by atoms with Gasteiger partial charge < -0.3 is 10.3 Å². The van der Waals surface area contributed by atoms with Crippen LogP contribution in [-0.4, -0.2) is 9.55 Å². The van der Waals surface area contributed by atoms with Gasteiger partial charge in [-0.25, -0.2) is 9.37 Å². The maximum atomic E-state index is 13.7. The predicted molar refractivity (Wildman–Crippen MR) is 124 cm³/mol. The molecule has 0 radical (unpaired) electrons. The summed E-state index contributed by atoms with van der Waals surface area (Å²) in [6.07, 6.45) is 1.99. The van der Waals surface area contributed by atoms with Gasteiger partial charge in [0.15, 0.2) is 0 Å². The van der Waals surface area contributed by atoms with Gasteiger partial charge >= 0.3 is 0 Å². The third kappa shape index (κ3) is 3.09. The van der Waals surface area contributed by atoms with Crippen molar-refractivity contribution in [3.05, 3.63) is 80.0 Å². The second-order valence-corrected chi connectivity index (χ2v) is 8.17. The van der Waals surface area contributed by atoms with E-state index in [1.807, 2.05) is 44.4 Å². The van der Waals surface area contributed by atoms with E-state index in [1.165, 1.54) is 6.07 Å². The van der Waals surface area contributed by atoms with E-state index in [0.29, 0.717) is 22.4 Å². The van der Waals surface area contributed by atoms with Crippen molar-refractivity contribution < 1.29 is 4.39 Å². The first-order chi connectivity index (χ1) is 15.2. The maximum Gasteiger partial charge on any atom is 0.142 e. The molecule has 1 aromatic carbocycles. The molecule has 32 heavy (non-hydrogen) atoms. The normalized spacial score (nSPS) is 13.9. The van der Waals surface area contributed by atoms with Gasteiger partial charge in [-0.15, -0.1) is 0 Å². The van der Waals surface area contributed by atoms with Gasteiger partial charge in [0.05, 0.1) is 21.9 Å². The van der Waals surface area contributed by atoms with E-state index in [2.05, 4.69) is 17.1 Å². The summed E-state index contributed by atoms with van der Waals surface area (Å²) >= 11 is 6.00. The highest BCUT2D eigenvalue weighted by atomic mass is 35.5. The molecule has 0 amide bonds. The molecule has 3 aromatic rings. The number of aromatic nitrogens is 2. The lowest BCUT2D eigenvalue weighted by atomic mass is 9.95. The standard InChI is InChI=1S/C25H19ClFN5/c1-12-7-16(15(4)32(12)17-5-6-22(27)21(26)9-17)8-18-13(2)19(10-28)24-23(18)14(3)20(11-29)25(30)31-24/h5-9H,1-4H3,(H2,30,31)/b18-8-. The summed E-state index contributed by atoms with van der Waals surface area (Å²) < 4.78 is 15.6. The molecule has 0 unspecified atom stereocenters. The molecule has 2 heterocycles. The van der Waals surface area contributed by atoms with Crippen LogP contribution in [0.15, 0.2) is 29.8 Å². The fourth-order valence-corrected chi connectivity index (χ4v) is 4.48. The van der Waals surface area contributed by atoms with Crippen LogP contribution in [0.3, 0.4) is 0 Å². The van der Waals surface area contributed by atoms with Crippen LogP contribution in [0.4, 0.5) is 10.2 Å². The van der Waals surface area contributed by atoms with Gasteiger partial charge in [-0.2, -0.15) is 10.5 Å². The van der Waals surface area contributed by atoms with Crippen LogP contribution in [0, 0.1) is 49.3 Å². The van der Waals surface area contributed by atoms with Crippen molar-refractivity contribution in [2.45, 2.75) is 27.7 Å². The van der Waals surface area contributed by atoms with Crippen molar-refractivity contribution in [1.29, 1.82) is 10.5 Å². The van der Waals surface area contributed by atoms with Crippen molar-refractivity contribution in [1.82, 2.24) is 9.55 Å². The molecular formula is C25H19ClFN5. The number of fused-ring (bicyclic) bond motifs is 1. The summed E-state index contributed by atoms with van der Waals surface area (Å²) in [4.78, 5) is 4.37. The Labute approximate surface area is 190 Å². The van der Waals surface area contributed by atoms with Crippen LogP contribution in [0.25, 0.3) is 22.9 Å². The largest absolute Gasteiger partial charge is 0.383 e. The van der Waals surface area contributed by atoms with Crippen molar-refractivity contribution in [3.8, 4) is 17.8 Å². The molecule has 0 aliphatic heterocycles. The summed E-state index contributed by atoms with van der Waals surface area (Å²) in [5.74, 6) is -0.347. The molecule has 2 N–H and O–H groups in total. The average molecular weight is 444 g/mol. The van der Waals surface area contributed by atoms with Gasteiger partial charge in [-0.1, -0.05) is 11.6 Å². The minimum Gasteiger partial charge on any atom is -0.383 e. The van der Waals surface area contributed by atoms with Crippen LogP contribution >= 0.6 is 11.6 Å². The fraction of sp³-hybridized carbons (Fsp3) is 0.160. The molecule has 7 heteroatoms. The number of nitrogens with zero attached hydrogens (tertiary/aromatic N) is 4. The van der Waals surface area contributed by atoms with Crippen molar-refractivity contribution in [2.24, 2.45) is 0 Å². The van der Waals surface area contributed by atoms with E-state index in [1.54, 1.807) is 12.1 Å². The Bertz CT molecular complexity index is 1460. The van der Waals surface area contributed by atoms with E-state index >= 15 is 0 Å². The summed E-state index contributed by atoms with van der Waals surface area (Å²) in [6, 6.07) is 11.0. The maximum absolute atomic E-state index is 13.7. The molecule has 0 atom stereocenters. The molecule has 0 saturated heterocycles. The summed E-state index contributed by atoms with van der Waals surface area (Å²) in [5.41, 5.74) is 13.9. The third-order valence-corrected chi connectivity index (χ3v) is 6.21.